The molecule has 0 amide bonds. The van der Waals surface area contributed by atoms with Gasteiger partial charge in [0.1, 0.15) is 5.82 Å². The molecule has 0 aliphatic rings. The van der Waals surface area contributed by atoms with Crippen molar-refractivity contribution in [1.82, 2.24) is 19.7 Å². The Bertz CT molecular complexity index is 1300. The zero-order valence-electron chi connectivity index (χ0n) is 19.2. The van der Waals surface area contributed by atoms with Gasteiger partial charge in [-0.1, -0.05) is 74.3 Å². The quantitative estimate of drug-likeness (QED) is 0.337. The molecule has 176 valence electrons. The molecule has 2 heterocycles. The first-order valence-corrected chi connectivity index (χ1v) is 11.9. The van der Waals surface area contributed by atoms with Crippen LogP contribution in [0.4, 0.5) is 0 Å². The lowest BCUT2D eigenvalue weighted by atomic mass is 10.0. The third-order valence-electron chi connectivity index (χ3n) is 5.76. The summed E-state index contributed by atoms with van der Waals surface area (Å²) in [5.41, 5.74) is 1.46. The first kappa shape index (κ1) is 23.7. The molecule has 0 aliphatic carbocycles. The molecule has 4 rings (SSSR count). The maximum absolute atomic E-state index is 13.8. The molecular formula is C26H27ClN4O3. The second-order valence-corrected chi connectivity index (χ2v) is 8.58. The Morgan fingerprint density at radius 3 is 2.47 bits per heavy atom. The van der Waals surface area contributed by atoms with Gasteiger partial charge in [0.2, 0.25) is 11.8 Å². The monoisotopic (exact) mass is 478 g/mol. The van der Waals surface area contributed by atoms with Gasteiger partial charge in [-0.15, -0.1) is 10.2 Å². The molecule has 0 aliphatic heterocycles. The van der Waals surface area contributed by atoms with E-state index >= 15 is 0 Å². The molecule has 0 bridgehead atoms. The highest BCUT2D eigenvalue weighted by Crippen LogP contribution is 2.28. The van der Waals surface area contributed by atoms with Crippen molar-refractivity contribution in [3.8, 4) is 17.3 Å². The first-order valence-electron chi connectivity index (χ1n) is 11.5. The standard InChI is InChI=1S/C26H27ClN4O3/c1-3-5-11-21-28-24(32)23(26(33)31(21)20(4-2)18-9-7-6-8-10-18)25-30-29-22(34-25)16-17-12-14-19(27)15-13-17/h6-10,12-15,20,32H,3-5,11,16H2,1-2H3/t20-/m1/s1. The number of aromatic nitrogens is 4. The minimum atomic E-state index is -0.393. The number of benzene rings is 2. The smallest absolute Gasteiger partial charge is 0.270 e. The van der Waals surface area contributed by atoms with E-state index < -0.39 is 11.4 Å². The van der Waals surface area contributed by atoms with E-state index in [4.69, 9.17) is 16.0 Å². The van der Waals surface area contributed by atoms with Crippen LogP contribution >= 0.6 is 11.6 Å². The number of hydrogen-bond donors (Lipinski definition) is 1. The summed E-state index contributed by atoms with van der Waals surface area (Å²) in [4.78, 5) is 18.2. The topological polar surface area (TPSA) is 94.0 Å². The molecule has 8 heteroatoms. The van der Waals surface area contributed by atoms with Gasteiger partial charge in [0.25, 0.3) is 11.4 Å². The van der Waals surface area contributed by atoms with E-state index in [0.29, 0.717) is 36.0 Å². The van der Waals surface area contributed by atoms with Gasteiger partial charge in [0.15, 0.2) is 5.56 Å². The maximum Gasteiger partial charge on any atom is 0.270 e. The van der Waals surface area contributed by atoms with Crippen molar-refractivity contribution < 1.29 is 9.52 Å². The summed E-state index contributed by atoms with van der Waals surface area (Å²) >= 11 is 5.95. The zero-order chi connectivity index (χ0) is 24.1. The average Bonchev–Trinajstić information content (AvgIpc) is 3.29. The minimum Gasteiger partial charge on any atom is -0.493 e. The summed E-state index contributed by atoms with van der Waals surface area (Å²) in [5, 5.41) is 19.5. The van der Waals surface area contributed by atoms with Gasteiger partial charge in [-0.2, -0.15) is 4.98 Å². The lowest BCUT2D eigenvalue weighted by Gasteiger charge is -2.23. The number of aryl methyl sites for hydroxylation is 1. The summed E-state index contributed by atoms with van der Waals surface area (Å²) in [5.74, 6) is 0.437. The van der Waals surface area contributed by atoms with Crippen LogP contribution < -0.4 is 5.56 Å². The molecule has 1 atom stereocenters. The third kappa shape index (κ3) is 5.04. The SMILES string of the molecule is CCCCc1nc(O)c(-c2nnc(Cc3ccc(Cl)cc3)o2)c(=O)n1[C@H](CC)c1ccccc1. The molecule has 0 saturated carbocycles. The molecule has 2 aromatic carbocycles. The van der Waals surface area contributed by atoms with Crippen LogP contribution in [0.15, 0.2) is 63.8 Å². The van der Waals surface area contributed by atoms with Crippen LogP contribution in [0.5, 0.6) is 5.88 Å². The molecule has 0 radical (unpaired) electrons. The maximum atomic E-state index is 13.8. The molecule has 0 fully saturated rings. The Hall–Kier alpha value is -3.45. The van der Waals surface area contributed by atoms with Crippen LogP contribution in [0.3, 0.4) is 0 Å². The Morgan fingerprint density at radius 1 is 1.06 bits per heavy atom. The van der Waals surface area contributed by atoms with E-state index in [1.165, 1.54) is 0 Å². The van der Waals surface area contributed by atoms with Gasteiger partial charge in [-0.3, -0.25) is 9.36 Å². The zero-order valence-corrected chi connectivity index (χ0v) is 20.0. The van der Waals surface area contributed by atoms with E-state index in [-0.39, 0.29) is 17.5 Å². The Kier molecular flexibility index (Phi) is 7.43. The van der Waals surface area contributed by atoms with Crippen molar-refractivity contribution in [3.05, 3.63) is 92.8 Å². The average molecular weight is 479 g/mol. The van der Waals surface area contributed by atoms with Crippen molar-refractivity contribution in [2.24, 2.45) is 0 Å². The molecule has 1 N–H and O–H groups in total. The van der Waals surface area contributed by atoms with Gasteiger partial charge in [0, 0.05) is 11.4 Å². The van der Waals surface area contributed by atoms with E-state index in [9.17, 15) is 9.90 Å². The molecule has 4 aromatic rings. The lowest BCUT2D eigenvalue weighted by Crippen LogP contribution is -2.31. The van der Waals surface area contributed by atoms with Crippen LogP contribution in [-0.2, 0) is 12.8 Å². The predicted octanol–water partition coefficient (Wildman–Crippen LogP) is 5.59. The van der Waals surface area contributed by atoms with Crippen LogP contribution in [0, 0.1) is 0 Å². The fraction of sp³-hybridized carbons (Fsp3) is 0.308. The number of nitrogens with zero attached hydrogens (tertiary/aromatic N) is 4. The Balaban J connectivity index is 1.78. The second-order valence-electron chi connectivity index (χ2n) is 8.14. The van der Waals surface area contributed by atoms with E-state index in [2.05, 4.69) is 22.1 Å². The lowest BCUT2D eigenvalue weighted by molar-refractivity contribution is 0.425. The van der Waals surface area contributed by atoms with Crippen LogP contribution in [0.25, 0.3) is 11.5 Å². The summed E-state index contributed by atoms with van der Waals surface area (Å²) in [6.07, 6.45) is 3.43. The van der Waals surface area contributed by atoms with Crippen molar-refractivity contribution in [1.29, 1.82) is 0 Å². The van der Waals surface area contributed by atoms with E-state index in [1.54, 1.807) is 16.7 Å². The summed E-state index contributed by atoms with van der Waals surface area (Å²) in [6.45, 7) is 4.10. The molecular weight excluding hydrogens is 452 g/mol. The van der Waals surface area contributed by atoms with Gasteiger partial charge in [-0.05, 0) is 36.1 Å². The molecule has 7 nitrogen and oxygen atoms in total. The Morgan fingerprint density at radius 2 is 1.79 bits per heavy atom. The normalized spacial score (nSPS) is 12.1. The summed E-state index contributed by atoms with van der Waals surface area (Å²) in [6, 6.07) is 16.9. The highest BCUT2D eigenvalue weighted by Gasteiger charge is 2.26. The minimum absolute atomic E-state index is 0.0438. The van der Waals surface area contributed by atoms with Gasteiger partial charge < -0.3 is 9.52 Å². The number of halogens is 1. The van der Waals surface area contributed by atoms with Crippen LogP contribution in [0.1, 0.15) is 62.0 Å². The molecule has 0 unspecified atom stereocenters. The predicted molar refractivity (Wildman–Crippen MR) is 131 cm³/mol. The van der Waals surface area contributed by atoms with Crippen molar-refractivity contribution in [2.45, 2.75) is 52.0 Å². The van der Waals surface area contributed by atoms with Gasteiger partial charge >= 0.3 is 0 Å². The number of unbranched alkanes of at least 4 members (excludes halogenated alkanes) is 1. The summed E-state index contributed by atoms with van der Waals surface area (Å²) in [7, 11) is 0. The van der Waals surface area contributed by atoms with E-state index in [1.807, 2.05) is 49.4 Å². The first-order chi connectivity index (χ1) is 16.5. The molecule has 0 saturated heterocycles. The third-order valence-corrected chi connectivity index (χ3v) is 6.01. The Labute approximate surface area is 203 Å². The fourth-order valence-electron chi connectivity index (χ4n) is 4.03. The second kappa shape index (κ2) is 10.7. The van der Waals surface area contributed by atoms with E-state index in [0.717, 1.165) is 24.0 Å². The molecule has 0 spiro atoms. The molecule has 2 aromatic heterocycles. The van der Waals surface area contributed by atoms with Crippen LogP contribution in [0.2, 0.25) is 5.02 Å². The van der Waals surface area contributed by atoms with Crippen molar-refractivity contribution in [3.63, 3.8) is 0 Å². The summed E-state index contributed by atoms with van der Waals surface area (Å²) < 4.78 is 7.46. The fourth-order valence-corrected chi connectivity index (χ4v) is 4.16. The largest absolute Gasteiger partial charge is 0.493 e. The highest BCUT2D eigenvalue weighted by atomic mass is 35.5. The number of rotatable bonds is 9. The number of hydrogen-bond acceptors (Lipinski definition) is 6. The molecule has 34 heavy (non-hydrogen) atoms. The van der Waals surface area contributed by atoms with Gasteiger partial charge in [-0.25, -0.2) is 0 Å². The van der Waals surface area contributed by atoms with Crippen molar-refractivity contribution in [2.75, 3.05) is 0 Å². The highest BCUT2D eigenvalue weighted by molar-refractivity contribution is 6.30. The van der Waals surface area contributed by atoms with Gasteiger partial charge in [0.05, 0.1) is 12.5 Å². The van der Waals surface area contributed by atoms with Crippen LogP contribution in [-0.4, -0.2) is 24.9 Å². The number of aromatic hydroxyl groups is 1. The van der Waals surface area contributed by atoms with Crippen molar-refractivity contribution >= 4 is 11.6 Å².